The number of H-pyrrole nitrogens is 2. The molecule has 2 aromatic heterocycles. The molecule has 0 unspecified atom stereocenters. The van der Waals surface area contributed by atoms with Gasteiger partial charge in [-0.25, -0.2) is 4.98 Å². The van der Waals surface area contributed by atoms with Gasteiger partial charge in [-0.2, -0.15) is 5.10 Å². The van der Waals surface area contributed by atoms with Crippen LogP contribution in [0.1, 0.15) is 0 Å². The lowest BCUT2D eigenvalue weighted by Gasteiger charge is -1.83. The summed E-state index contributed by atoms with van der Waals surface area (Å²) in [7, 11) is 0. The molecule has 0 saturated carbocycles. The minimum atomic E-state index is 0.807. The normalized spacial score (nSPS) is 10.0. The third kappa shape index (κ3) is 0.699. The molecule has 0 atom stereocenters. The van der Waals surface area contributed by atoms with Crippen LogP contribution >= 0.6 is 0 Å². The van der Waals surface area contributed by atoms with Crippen molar-refractivity contribution in [3.63, 3.8) is 0 Å². The number of aromatic amines is 2. The Bertz CT molecular complexity index is 249. The smallest absolute Gasteiger partial charge is 0.118 e. The molecule has 1 radical (unpaired) electrons. The van der Waals surface area contributed by atoms with E-state index in [2.05, 4.69) is 26.4 Å². The predicted molar refractivity (Wildman–Crippen MR) is 35.0 cm³/mol. The van der Waals surface area contributed by atoms with Crippen LogP contribution in [0.2, 0.25) is 0 Å². The van der Waals surface area contributed by atoms with Crippen molar-refractivity contribution in [3.8, 4) is 11.4 Å². The van der Waals surface area contributed by atoms with E-state index in [-0.39, 0.29) is 0 Å². The second kappa shape index (κ2) is 1.98. The van der Waals surface area contributed by atoms with Crippen molar-refractivity contribution in [1.82, 2.24) is 20.2 Å². The summed E-state index contributed by atoms with van der Waals surface area (Å²) >= 11 is 0. The zero-order valence-electron chi connectivity index (χ0n) is 5.13. The van der Waals surface area contributed by atoms with Crippen LogP contribution in [0, 0.1) is 6.20 Å². The Balaban J connectivity index is 2.48. The van der Waals surface area contributed by atoms with Crippen molar-refractivity contribution in [2.45, 2.75) is 0 Å². The van der Waals surface area contributed by atoms with E-state index >= 15 is 0 Å². The number of imidazole rings is 1. The average molecular weight is 133 g/mol. The highest BCUT2D eigenvalue weighted by molar-refractivity contribution is 5.50. The summed E-state index contributed by atoms with van der Waals surface area (Å²) in [6.07, 6.45) is 6.08. The van der Waals surface area contributed by atoms with Crippen molar-refractivity contribution in [2.75, 3.05) is 0 Å². The minimum Gasteiger partial charge on any atom is -0.343 e. The Morgan fingerprint density at radius 2 is 2.50 bits per heavy atom. The maximum Gasteiger partial charge on any atom is 0.118 e. The predicted octanol–water partition coefficient (Wildman–Crippen LogP) is 0.600. The second-order valence-corrected chi connectivity index (χ2v) is 1.85. The first-order chi connectivity index (χ1) is 4.97. The summed E-state index contributed by atoms with van der Waals surface area (Å²) in [5.74, 6) is 0. The van der Waals surface area contributed by atoms with Crippen LogP contribution < -0.4 is 0 Å². The summed E-state index contributed by atoms with van der Waals surface area (Å²) in [4.78, 5) is 6.63. The molecule has 0 fully saturated rings. The number of hydrogen-bond donors (Lipinski definition) is 2. The van der Waals surface area contributed by atoms with Crippen molar-refractivity contribution in [2.24, 2.45) is 0 Å². The quantitative estimate of drug-likeness (QED) is 0.598. The SMILES string of the molecule is [c]1nc[nH]c1-c1cc[nH]n1. The van der Waals surface area contributed by atoms with Gasteiger partial charge in [-0.05, 0) is 6.07 Å². The van der Waals surface area contributed by atoms with E-state index in [1.807, 2.05) is 6.07 Å². The van der Waals surface area contributed by atoms with E-state index in [0.29, 0.717) is 0 Å². The van der Waals surface area contributed by atoms with Crippen molar-refractivity contribution >= 4 is 0 Å². The Kier molecular flexibility index (Phi) is 1.04. The average Bonchev–Trinajstić information content (AvgIpc) is 2.59. The molecular weight excluding hydrogens is 128 g/mol. The molecule has 0 aliphatic carbocycles. The van der Waals surface area contributed by atoms with E-state index in [0.717, 1.165) is 11.4 Å². The van der Waals surface area contributed by atoms with Gasteiger partial charge in [0.2, 0.25) is 0 Å². The minimum absolute atomic E-state index is 0.807. The van der Waals surface area contributed by atoms with Gasteiger partial charge in [0.1, 0.15) is 11.9 Å². The summed E-state index contributed by atoms with van der Waals surface area (Å²) in [6, 6.07) is 1.85. The zero-order valence-corrected chi connectivity index (χ0v) is 5.13. The van der Waals surface area contributed by atoms with Crippen molar-refractivity contribution in [3.05, 3.63) is 24.8 Å². The number of rotatable bonds is 1. The van der Waals surface area contributed by atoms with Gasteiger partial charge in [0.05, 0.1) is 12.0 Å². The molecule has 4 heteroatoms. The van der Waals surface area contributed by atoms with E-state index in [4.69, 9.17) is 0 Å². The van der Waals surface area contributed by atoms with Gasteiger partial charge in [-0.3, -0.25) is 5.10 Å². The molecule has 2 aromatic rings. The van der Waals surface area contributed by atoms with Crippen LogP contribution in [0.4, 0.5) is 0 Å². The molecular formula is C6H5N4. The van der Waals surface area contributed by atoms with Gasteiger partial charge in [0, 0.05) is 6.20 Å². The molecule has 0 bridgehead atoms. The molecule has 49 valence electrons. The molecule has 0 aliphatic rings. The van der Waals surface area contributed by atoms with E-state index in [1.54, 1.807) is 12.5 Å². The Morgan fingerprint density at radius 1 is 1.50 bits per heavy atom. The molecule has 2 rings (SSSR count). The molecule has 2 N–H and O–H groups in total. The van der Waals surface area contributed by atoms with Gasteiger partial charge < -0.3 is 4.98 Å². The summed E-state index contributed by atoms with van der Waals surface area (Å²) in [6.45, 7) is 0. The first-order valence-electron chi connectivity index (χ1n) is 2.88. The largest absolute Gasteiger partial charge is 0.343 e. The second-order valence-electron chi connectivity index (χ2n) is 1.85. The van der Waals surface area contributed by atoms with Crippen LogP contribution in [0.5, 0.6) is 0 Å². The highest BCUT2D eigenvalue weighted by Gasteiger charge is 1.98. The molecule has 0 spiro atoms. The van der Waals surface area contributed by atoms with E-state index in [1.165, 1.54) is 0 Å². The van der Waals surface area contributed by atoms with Gasteiger partial charge in [0.15, 0.2) is 0 Å². The monoisotopic (exact) mass is 133 g/mol. The maximum absolute atomic E-state index is 3.93. The van der Waals surface area contributed by atoms with Crippen LogP contribution in [-0.4, -0.2) is 20.2 Å². The molecule has 0 aromatic carbocycles. The van der Waals surface area contributed by atoms with Crippen LogP contribution in [0.3, 0.4) is 0 Å². The standard InChI is InChI=1S/C6H5N4/c1-2-9-10-5(1)6-3-7-4-8-6/h1-2,4H,(H,7,8)(H,9,10). The lowest BCUT2D eigenvalue weighted by atomic mass is 10.3. The highest BCUT2D eigenvalue weighted by Crippen LogP contribution is 2.08. The Hall–Kier alpha value is -1.58. The molecule has 0 saturated heterocycles. The fraction of sp³-hybridized carbons (Fsp3) is 0. The third-order valence-electron chi connectivity index (χ3n) is 1.21. The van der Waals surface area contributed by atoms with Gasteiger partial charge in [0.25, 0.3) is 0 Å². The van der Waals surface area contributed by atoms with Gasteiger partial charge >= 0.3 is 0 Å². The van der Waals surface area contributed by atoms with Gasteiger partial charge in [-0.1, -0.05) is 0 Å². The van der Waals surface area contributed by atoms with Gasteiger partial charge in [-0.15, -0.1) is 0 Å². The number of nitrogens with one attached hydrogen (secondary N) is 2. The fourth-order valence-electron chi connectivity index (χ4n) is 0.757. The number of hydrogen-bond acceptors (Lipinski definition) is 2. The Morgan fingerprint density at radius 3 is 3.10 bits per heavy atom. The van der Waals surface area contributed by atoms with E-state index < -0.39 is 0 Å². The highest BCUT2D eigenvalue weighted by atomic mass is 15.1. The first-order valence-corrected chi connectivity index (χ1v) is 2.88. The third-order valence-corrected chi connectivity index (χ3v) is 1.21. The molecule has 2 heterocycles. The van der Waals surface area contributed by atoms with Crippen molar-refractivity contribution < 1.29 is 0 Å². The maximum atomic E-state index is 3.93. The summed E-state index contributed by atoms with van der Waals surface area (Å²) in [5, 5.41) is 6.63. The topological polar surface area (TPSA) is 57.4 Å². The molecule has 0 amide bonds. The first kappa shape index (κ1) is 5.22. The molecule has 0 aliphatic heterocycles. The summed E-state index contributed by atoms with van der Waals surface area (Å²) < 4.78 is 0. The van der Waals surface area contributed by atoms with E-state index in [9.17, 15) is 0 Å². The number of aromatic nitrogens is 4. The molecule has 10 heavy (non-hydrogen) atoms. The van der Waals surface area contributed by atoms with Crippen molar-refractivity contribution in [1.29, 1.82) is 0 Å². The molecule has 4 nitrogen and oxygen atoms in total. The summed E-state index contributed by atoms with van der Waals surface area (Å²) in [5.41, 5.74) is 1.64. The number of nitrogens with zero attached hydrogens (tertiary/aromatic N) is 2. The van der Waals surface area contributed by atoms with Crippen LogP contribution in [-0.2, 0) is 0 Å². The zero-order chi connectivity index (χ0) is 6.81. The Labute approximate surface area is 57.3 Å². The fourth-order valence-corrected chi connectivity index (χ4v) is 0.757. The lowest BCUT2D eigenvalue weighted by molar-refractivity contribution is 1.09. The van der Waals surface area contributed by atoms with Crippen LogP contribution in [0.15, 0.2) is 18.6 Å². The lowest BCUT2D eigenvalue weighted by Crippen LogP contribution is -1.75. The van der Waals surface area contributed by atoms with Crippen LogP contribution in [0.25, 0.3) is 11.4 Å².